The SMILES string of the molecule is CCc1cccc(CC)c1-c1nc(C)c2c(n1)N1CCC(CCO)CC1N([C@H]1CCCc3ccccc31)C2. The largest absolute Gasteiger partial charge is 0.396 e. The summed E-state index contributed by atoms with van der Waals surface area (Å²) in [6.45, 7) is 8.80. The molecule has 1 aliphatic carbocycles. The minimum Gasteiger partial charge on any atom is -0.396 e. The molecule has 1 N–H and O–H groups in total. The van der Waals surface area contributed by atoms with Crippen LogP contribution in [0.15, 0.2) is 42.5 Å². The summed E-state index contributed by atoms with van der Waals surface area (Å²) in [7, 11) is 0. The Morgan fingerprint density at radius 2 is 1.76 bits per heavy atom. The van der Waals surface area contributed by atoms with Crippen LogP contribution in [0, 0.1) is 12.8 Å². The zero-order valence-corrected chi connectivity index (χ0v) is 23.3. The van der Waals surface area contributed by atoms with E-state index in [-0.39, 0.29) is 6.61 Å². The number of aliphatic hydroxyl groups excluding tert-OH is 1. The van der Waals surface area contributed by atoms with Crippen molar-refractivity contribution in [3.63, 3.8) is 0 Å². The van der Waals surface area contributed by atoms with Gasteiger partial charge in [0.1, 0.15) is 5.82 Å². The fourth-order valence-corrected chi connectivity index (χ4v) is 7.34. The van der Waals surface area contributed by atoms with E-state index in [4.69, 9.17) is 9.97 Å². The number of nitrogens with zero attached hydrogens (tertiary/aromatic N) is 4. The Balaban J connectivity index is 1.46. The smallest absolute Gasteiger partial charge is 0.162 e. The van der Waals surface area contributed by atoms with Gasteiger partial charge in [-0.15, -0.1) is 0 Å². The fourth-order valence-electron chi connectivity index (χ4n) is 7.34. The van der Waals surface area contributed by atoms with E-state index in [0.717, 1.165) is 62.5 Å². The van der Waals surface area contributed by atoms with Crippen molar-refractivity contribution in [2.45, 2.75) is 90.9 Å². The molecule has 1 aromatic heterocycles. The molecule has 0 spiro atoms. The first-order valence-electron chi connectivity index (χ1n) is 14.8. The van der Waals surface area contributed by atoms with Crippen molar-refractivity contribution in [1.82, 2.24) is 14.9 Å². The van der Waals surface area contributed by atoms with E-state index in [1.54, 1.807) is 0 Å². The van der Waals surface area contributed by atoms with Crippen molar-refractivity contribution < 1.29 is 5.11 Å². The maximum absolute atomic E-state index is 9.77. The van der Waals surface area contributed by atoms with Crippen LogP contribution >= 0.6 is 0 Å². The van der Waals surface area contributed by atoms with Crippen LogP contribution < -0.4 is 4.90 Å². The van der Waals surface area contributed by atoms with Crippen LogP contribution in [0.2, 0.25) is 0 Å². The number of hydrogen-bond acceptors (Lipinski definition) is 5. The van der Waals surface area contributed by atoms with Crippen LogP contribution in [-0.2, 0) is 25.8 Å². The molecule has 0 amide bonds. The molecule has 2 aromatic carbocycles. The third kappa shape index (κ3) is 4.44. The molecule has 2 unspecified atom stereocenters. The maximum Gasteiger partial charge on any atom is 0.162 e. The monoisotopic (exact) mass is 510 g/mol. The molecule has 1 fully saturated rings. The van der Waals surface area contributed by atoms with Gasteiger partial charge in [-0.2, -0.15) is 0 Å². The fraction of sp³-hybridized carbons (Fsp3) is 0.515. The van der Waals surface area contributed by atoms with Crippen molar-refractivity contribution in [1.29, 1.82) is 0 Å². The lowest BCUT2D eigenvalue weighted by Gasteiger charge is -2.53. The molecule has 3 aromatic rings. The molecular formula is C33H42N4O. The van der Waals surface area contributed by atoms with Crippen molar-refractivity contribution in [3.05, 3.63) is 76.0 Å². The highest BCUT2D eigenvalue weighted by atomic mass is 16.3. The average molecular weight is 511 g/mol. The second-order valence-electron chi connectivity index (χ2n) is 11.4. The van der Waals surface area contributed by atoms with Gasteiger partial charge in [-0.05, 0) is 86.5 Å². The first kappa shape index (κ1) is 25.5. The van der Waals surface area contributed by atoms with Gasteiger partial charge in [0.05, 0.1) is 6.17 Å². The van der Waals surface area contributed by atoms with Gasteiger partial charge in [-0.25, -0.2) is 9.97 Å². The van der Waals surface area contributed by atoms with E-state index in [2.05, 4.69) is 73.0 Å². The Kier molecular flexibility index (Phi) is 7.24. The summed E-state index contributed by atoms with van der Waals surface area (Å²) in [6, 6.07) is 16.1. The van der Waals surface area contributed by atoms with Crippen LogP contribution in [0.1, 0.15) is 85.5 Å². The Morgan fingerprint density at radius 3 is 2.53 bits per heavy atom. The quantitative estimate of drug-likeness (QED) is 0.416. The molecule has 0 bridgehead atoms. The zero-order chi connectivity index (χ0) is 26.2. The lowest BCUT2D eigenvalue weighted by Crippen LogP contribution is -2.57. The number of anilines is 1. The van der Waals surface area contributed by atoms with Crippen molar-refractivity contribution in [3.8, 4) is 11.4 Å². The number of rotatable bonds is 6. The second kappa shape index (κ2) is 10.8. The molecule has 38 heavy (non-hydrogen) atoms. The van der Waals surface area contributed by atoms with Crippen LogP contribution in [0.25, 0.3) is 11.4 Å². The summed E-state index contributed by atoms with van der Waals surface area (Å²) in [5.41, 5.74) is 9.32. The van der Waals surface area contributed by atoms with Crippen LogP contribution in [0.4, 0.5) is 5.82 Å². The van der Waals surface area contributed by atoms with Gasteiger partial charge in [-0.1, -0.05) is 56.3 Å². The van der Waals surface area contributed by atoms with E-state index in [1.807, 2.05) is 0 Å². The number of aromatic nitrogens is 2. The van der Waals surface area contributed by atoms with E-state index in [9.17, 15) is 5.11 Å². The van der Waals surface area contributed by atoms with Crippen LogP contribution in [0.5, 0.6) is 0 Å². The molecule has 1 saturated heterocycles. The molecule has 0 radical (unpaired) electrons. The number of hydrogen-bond donors (Lipinski definition) is 1. The van der Waals surface area contributed by atoms with Gasteiger partial charge in [0.2, 0.25) is 0 Å². The van der Waals surface area contributed by atoms with E-state index >= 15 is 0 Å². The number of benzene rings is 2. The van der Waals surface area contributed by atoms with Gasteiger partial charge in [0.15, 0.2) is 5.82 Å². The molecule has 3 atom stereocenters. The highest BCUT2D eigenvalue weighted by Crippen LogP contribution is 2.45. The van der Waals surface area contributed by atoms with Gasteiger partial charge in [0.25, 0.3) is 0 Å². The standard InChI is InChI=1S/C33H42N4O/c1-4-24-11-8-12-25(5-2)31(24)32-34-22(3)28-21-37(29-15-9-13-26-10-6-7-14-27(26)29)30-20-23(17-19-38)16-18-36(30)33(28)35-32/h6-8,10-12,14,23,29-30,38H,4-5,9,13,15-21H2,1-3H3/t23?,29-,30?/m0/s1. The minimum absolute atomic E-state index is 0.277. The minimum atomic E-state index is 0.277. The third-order valence-corrected chi connectivity index (χ3v) is 9.37. The lowest BCUT2D eigenvalue weighted by molar-refractivity contribution is 0.0603. The summed E-state index contributed by atoms with van der Waals surface area (Å²) >= 11 is 0. The maximum atomic E-state index is 9.77. The Bertz CT molecular complexity index is 1280. The first-order valence-corrected chi connectivity index (χ1v) is 14.8. The summed E-state index contributed by atoms with van der Waals surface area (Å²) in [4.78, 5) is 15.9. The van der Waals surface area contributed by atoms with Crippen molar-refractivity contribution in [2.75, 3.05) is 18.1 Å². The highest BCUT2D eigenvalue weighted by Gasteiger charge is 2.43. The average Bonchev–Trinajstić information content (AvgIpc) is 2.96. The molecule has 2 aliphatic heterocycles. The van der Waals surface area contributed by atoms with Crippen molar-refractivity contribution >= 4 is 5.82 Å². The summed E-state index contributed by atoms with van der Waals surface area (Å²) < 4.78 is 0. The molecule has 3 heterocycles. The third-order valence-electron chi connectivity index (χ3n) is 9.37. The highest BCUT2D eigenvalue weighted by molar-refractivity contribution is 5.68. The Hall–Kier alpha value is -2.76. The van der Waals surface area contributed by atoms with Gasteiger partial charge >= 0.3 is 0 Å². The van der Waals surface area contributed by atoms with E-state index < -0.39 is 0 Å². The predicted molar refractivity (Wildman–Crippen MR) is 154 cm³/mol. The molecule has 6 rings (SSSR count). The van der Waals surface area contributed by atoms with Crippen LogP contribution in [-0.4, -0.2) is 39.3 Å². The normalized spacial score (nSPS) is 23.1. The molecule has 5 heteroatoms. The number of fused-ring (bicyclic) bond motifs is 4. The van der Waals surface area contributed by atoms with E-state index in [0.29, 0.717) is 18.1 Å². The van der Waals surface area contributed by atoms with Crippen LogP contribution in [0.3, 0.4) is 0 Å². The molecule has 3 aliphatic rings. The van der Waals surface area contributed by atoms with Crippen molar-refractivity contribution in [2.24, 2.45) is 5.92 Å². The second-order valence-corrected chi connectivity index (χ2v) is 11.4. The predicted octanol–water partition coefficient (Wildman–Crippen LogP) is 6.39. The van der Waals surface area contributed by atoms with Gasteiger partial charge in [-0.3, -0.25) is 4.90 Å². The topological polar surface area (TPSA) is 52.5 Å². The first-order chi connectivity index (χ1) is 18.6. The summed E-state index contributed by atoms with van der Waals surface area (Å²) in [5.74, 6) is 2.59. The summed E-state index contributed by atoms with van der Waals surface area (Å²) in [6.07, 6.45) is 8.96. The molecule has 5 nitrogen and oxygen atoms in total. The Labute approximate surface area is 227 Å². The summed E-state index contributed by atoms with van der Waals surface area (Å²) in [5, 5.41) is 9.77. The van der Waals surface area contributed by atoms with Gasteiger partial charge in [0, 0.05) is 42.6 Å². The van der Waals surface area contributed by atoms with Gasteiger partial charge < -0.3 is 10.0 Å². The molecule has 0 saturated carbocycles. The molecule has 200 valence electrons. The number of piperidine rings is 1. The Morgan fingerprint density at radius 1 is 0.974 bits per heavy atom. The lowest BCUT2D eigenvalue weighted by atomic mass is 9.83. The zero-order valence-electron chi connectivity index (χ0n) is 23.3. The number of aryl methyl sites for hydroxylation is 4. The van der Waals surface area contributed by atoms with E-state index in [1.165, 1.54) is 52.6 Å². The number of aliphatic hydroxyl groups is 1. The molecular weight excluding hydrogens is 468 g/mol.